The lowest BCUT2D eigenvalue weighted by Gasteiger charge is -2.10. The summed E-state index contributed by atoms with van der Waals surface area (Å²) in [5, 5.41) is 2.10. The first-order chi connectivity index (χ1) is 11.7. The third-order valence-electron chi connectivity index (χ3n) is 3.80. The van der Waals surface area contributed by atoms with Crippen LogP contribution in [0.3, 0.4) is 0 Å². The summed E-state index contributed by atoms with van der Waals surface area (Å²) in [6.45, 7) is 5.37. The fraction of sp³-hybridized carbons (Fsp3) is 0.316. The molecule has 24 heavy (non-hydrogen) atoms. The summed E-state index contributed by atoms with van der Waals surface area (Å²) in [7, 11) is 1.67. The number of para-hydroxylation sites is 2. The van der Waals surface area contributed by atoms with Crippen molar-refractivity contribution in [1.29, 1.82) is 0 Å². The number of hydrogen-bond donors (Lipinski definition) is 0. The quantitative estimate of drug-likeness (QED) is 0.625. The summed E-state index contributed by atoms with van der Waals surface area (Å²) in [6.07, 6.45) is 2.79. The maximum Gasteiger partial charge on any atom is 0.190 e. The minimum Gasteiger partial charge on any atom is -0.494 e. The zero-order chi connectivity index (χ0) is 16.9. The minimum atomic E-state index is 0.626. The Morgan fingerprint density at radius 3 is 2.75 bits per heavy atom. The second kappa shape index (κ2) is 7.53. The zero-order valence-corrected chi connectivity index (χ0v) is 15.0. The predicted octanol–water partition coefficient (Wildman–Crippen LogP) is 5.10. The topological polar surface area (TPSA) is 39.7 Å². The lowest BCUT2D eigenvalue weighted by molar-refractivity contribution is 0.416. The van der Waals surface area contributed by atoms with Gasteiger partial charge >= 0.3 is 0 Å². The van der Waals surface area contributed by atoms with Gasteiger partial charge in [0.15, 0.2) is 10.6 Å². The van der Waals surface area contributed by atoms with E-state index in [1.54, 1.807) is 24.7 Å². The molecule has 0 saturated heterocycles. The Bertz CT molecular complexity index is 844. The van der Waals surface area contributed by atoms with Crippen molar-refractivity contribution in [2.24, 2.45) is 10.9 Å². The molecule has 0 unspecified atom stereocenters. The molecule has 5 heteroatoms. The van der Waals surface area contributed by atoms with Gasteiger partial charge in [0.25, 0.3) is 0 Å². The summed E-state index contributed by atoms with van der Waals surface area (Å²) < 4.78 is 13.2. The van der Waals surface area contributed by atoms with Crippen LogP contribution in [0.1, 0.15) is 20.3 Å². The Hall–Kier alpha value is -2.27. The van der Waals surface area contributed by atoms with E-state index in [1.165, 1.54) is 0 Å². The SMILES string of the molecule is COc1ccccc1N=c1scc(-c2ccco2)n1CCC(C)C. The first kappa shape index (κ1) is 16.6. The monoisotopic (exact) mass is 342 g/mol. The molecule has 0 atom stereocenters. The van der Waals surface area contributed by atoms with Crippen molar-refractivity contribution in [3.8, 4) is 17.2 Å². The van der Waals surface area contributed by atoms with Crippen LogP contribution in [-0.2, 0) is 6.54 Å². The van der Waals surface area contributed by atoms with Crippen LogP contribution in [0.15, 0.2) is 57.5 Å². The number of thiazole rings is 1. The summed E-state index contributed by atoms with van der Waals surface area (Å²) in [5.74, 6) is 2.28. The minimum absolute atomic E-state index is 0.626. The molecule has 0 aliphatic heterocycles. The Kier molecular flexibility index (Phi) is 5.20. The van der Waals surface area contributed by atoms with Gasteiger partial charge in [-0.2, -0.15) is 0 Å². The Labute approximate surface area is 146 Å². The maximum absolute atomic E-state index is 5.59. The van der Waals surface area contributed by atoms with Crippen LogP contribution in [0.25, 0.3) is 11.5 Å². The van der Waals surface area contributed by atoms with Crippen molar-refractivity contribution in [2.45, 2.75) is 26.8 Å². The summed E-state index contributed by atoms with van der Waals surface area (Å²) in [5.41, 5.74) is 1.91. The van der Waals surface area contributed by atoms with Crippen LogP contribution < -0.4 is 9.54 Å². The van der Waals surface area contributed by atoms with Gasteiger partial charge < -0.3 is 13.7 Å². The number of benzene rings is 1. The van der Waals surface area contributed by atoms with Gasteiger partial charge in [-0.05, 0) is 36.6 Å². The molecule has 4 nitrogen and oxygen atoms in total. The molecule has 0 N–H and O–H groups in total. The highest BCUT2D eigenvalue weighted by Gasteiger charge is 2.11. The van der Waals surface area contributed by atoms with Gasteiger partial charge in [-0.25, -0.2) is 4.99 Å². The molecular formula is C19H22N2O2S. The zero-order valence-electron chi connectivity index (χ0n) is 14.2. The molecule has 0 saturated carbocycles. The van der Waals surface area contributed by atoms with Gasteiger partial charge in [0, 0.05) is 11.9 Å². The van der Waals surface area contributed by atoms with Gasteiger partial charge in [-0.15, -0.1) is 11.3 Å². The second-order valence-corrected chi connectivity index (χ2v) is 6.84. The van der Waals surface area contributed by atoms with Crippen molar-refractivity contribution >= 4 is 17.0 Å². The van der Waals surface area contributed by atoms with Crippen LogP contribution in [0.4, 0.5) is 5.69 Å². The number of rotatable bonds is 6. The number of hydrogen-bond acceptors (Lipinski definition) is 4. The van der Waals surface area contributed by atoms with Crippen LogP contribution in [-0.4, -0.2) is 11.7 Å². The van der Waals surface area contributed by atoms with Crippen LogP contribution in [0.5, 0.6) is 5.75 Å². The molecule has 1 aromatic carbocycles. The van der Waals surface area contributed by atoms with E-state index < -0.39 is 0 Å². The second-order valence-electron chi connectivity index (χ2n) is 6.00. The van der Waals surface area contributed by atoms with E-state index in [1.807, 2.05) is 36.4 Å². The van der Waals surface area contributed by atoms with E-state index in [-0.39, 0.29) is 0 Å². The number of nitrogens with zero attached hydrogens (tertiary/aromatic N) is 2. The smallest absolute Gasteiger partial charge is 0.190 e. The lowest BCUT2D eigenvalue weighted by Crippen LogP contribution is -2.17. The Balaban J connectivity index is 2.08. The Morgan fingerprint density at radius 2 is 2.04 bits per heavy atom. The predicted molar refractivity (Wildman–Crippen MR) is 97.7 cm³/mol. The van der Waals surface area contributed by atoms with Gasteiger partial charge in [0.05, 0.1) is 19.1 Å². The van der Waals surface area contributed by atoms with Gasteiger partial charge in [0.1, 0.15) is 11.4 Å². The molecule has 0 amide bonds. The number of furan rings is 1. The summed E-state index contributed by atoms with van der Waals surface area (Å²) in [4.78, 5) is 5.79. The van der Waals surface area contributed by atoms with Crippen molar-refractivity contribution in [1.82, 2.24) is 4.57 Å². The first-order valence-electron chi connectivity index (χ1n) is 8.09. The third kappa shape index (κ3) is 3.62. The number of aromatic nitrogens is 1. The molecule has 0 aliphatic rings. The molecule has 2 aromatic heterocycles. The molecule has 3 rings (SSSR count). The third-order valence-corrected chi connectivity index (χ3v) is 4.67. The Morgan fingerprint density at radius 1 is 1.21 bits per heavy atom. The fourth-order valence-corrected chi connectivity index (χ4v) is 3.40. The lowest BCUT2D eigenvalue weighted by atomic mass is 10.1. The largest absolute Gasteiger partial charge is 0.494 e. The van der Waals surface area contributed by atoms with E-state index in [9.17, 15) is 0 Å². The molecule has 126 valence electrons. The maximum atomic E-state index is 5.59. The molecule has 2 heterocycles. The van der Waals surface area contributed by atoms with Crippen molar-refractivity contribution < 1.29 is 9.15 Å². The fourth-order valence-electron chi connectivity index (χ4n) is 2.47. The normalized spacial score (nSPS) is 12.1. The first-order valence-corrected chi connectivity index (χ1v) is 8.97. The summed E-state index contributed by atoms with van der Waals surface area (Å²) >= 11 is 1.62. The number of ether oxygens (including phenoxy) is 1. The average molecular weight is 342 g/mol. The highest BCUT2D eigenvalue weighted by molar-refractivity contribution is 7.07. The van der Waals surface area contributed by atoms with Gasteiger partial charge in [-0.3, -0.25) is 0 Å². The standard InChI is InChI=1S/C19H22N2O2S/c1-14(2)10-11-21-16(18-9-6-12-23-18)13-24-19(21)20-15-7-4-5-8-17(15)22-3/h4-9,12-14H,10-11H2,1-3H3. The van der Waals surface area contributed by atoms with Gasteiger partial charge in [-0.1, -0.05) is 26.0 Å². The molecule has 0 aliphatic carbocycles. The molecule has 0 radical (unpaired) electrons. The van der Waals surface area contributed by atoms with Crippen LogP contribution >= 0.6 is 11.3 Å². The van der Waals surface area contributed by atoms with Crippen LogP contribution in [0, 0.1) is 5.92 Å². The van der Waals surface area contributed by atoms with Crippen molar-refractivity contribution in [3.05, 3.63) is 52.8 Å². The van der Waals surface area contributed by atoms with E-state index in [2.05, 4.69) is 23.8 Å². The van der Waals surface area contributed by atoms with E-state index >= 15 is 0 Å². The number of methoxy groups -OCH3 is 1. The van der Waals surface area contributed by atoms with Crippen LogP contribution in [0.2, 0.25) is 0 Å². The van der Waals surface area contributed by atoms with Crippen molar-refractivity contribution in [3.63, 3.8) is 0 Å². The summed E-state index contributed by atoms with van der Waals surface area (Å²) in [6, 6.07) is 11.7. The molecule has 0 fully saturated rings. The van der Waals surface area contributed by atoms with Crippen molar-refractivity contribution in [2.75, 3.05) is 7.11 Å². The highest BCUT2D eigenvalue weighted by atomic mass is 32.1. The van der Waals surface area contributed by atoms with E-state index in [0.717, 1.165) is 40.7 Å². The average Bonchev–Trinajstić information content (AvgIpc) is 3.23. The van der Waals surface area contributed by atoms with Gasteiger partial charge in [0.2, 0.25) is 0 Å². The molecule has 0 bridgehead atoms. The molecule has 3 aromatic rings. The van der Waals surface area contributed by atoms with E-state index in [4.69, 9.17) is 14.1 Å². The molecule has 0 spiro atoms. The van der Waals surface area contributed by atoms with E-state index in [0.29, 0.717) is 5.92 Å². The molecular weight excluding hydrogens is 320 g/mol. The highest BCUT2D eigenvalue weighted by Crippen LogP contribution is 2.27.